The SMILES string of the molecule is c1ccc(-c2cccc(-c3nc(-c4ccccc4)nc(-c4ccc5ccc6ccc7c8cccc(-c9ccccc9)c8sc7c6c5c4)n3)c2)cc1. The van der Waals surface area contributed by atoms with E-state index in [0.717, 1.165) is 27.8 Å². The summed E-state index contributed by atoms with van der Waals surface area (Å²) >= 11 is 1.89. The smallest absolute Gasteiger partial charge is 0.164 e. The highest BCUT2D eigenvalue weighted by molar-refractivity contribution is 7.27. The third-order valence-electron chi connectivity index (χ3n) is 9.70. The maximum Gasteiger partial charge on any atom is 0.164 e. The molecule has 0 aliphatic rings. The van der Waals surface area contributed by atoms with Crippen molar-refractivity contribution in [1.82, 2.24) is 15.0 Å². The van der Waals surface area contributed by atoms with E-state index in [1.807, 2.05) is 35.6 Å². The lowest BCUT2D eigenvalue weighted by atomic mass is 9.97. The molecular weight excluding hydrogens is 639 g/mol. The standard InChI is InChI=1S/C47H29N3S/c1-4-12-30(13-5-1)35-18-10-19-36(28-35)46-48-45(34-16-8-3-9-17-34)49-47(50-46)37-25-23-32-22-24-33-26-27-40-39-21-11-20-38(31-14-6-2-7-15-31)43(39)51-44(40)42(33)41(32)29-37/h1-29H. The van der Waals surface area contributed by atoms with Crippen LogP contribution in [0.1, 0.15) is 0 Å². The summed E-state index contributed by atoms with van der Waals surface area (Å²) in [5, 5.41) is 7.44. The van der Waals surface area contributed by atoms with E-state index in [0.29, 0.717) is 17.5 Å². The molecule has 0 spiro atoms. The average Bonchev–Trinajstić information content (AvgIpc) is 3.60. The molecule has 0 radical (unpaired) electrons. The van der Waals surface area contributed by atoms with Crippen LogP contribution in [0.2, 0.25) is 0 Å². The molecule has 2 aromatic heterocycles. The molecule has 2 heterocycles. The highest BCUT2D eigenvalue weighted by Crippen LogP contribution is 2.45. The fourth-order valence-corrected chi connectivity index (χ4v) is 8.60. The molecule has 0 fully saturated rings. The lowest BCUT2D eigenvalue weighted by Crippen LogP contribution is -2.00. The van der Waals surface area contributed by atoms with Crippen LogP contribution in [0.4, 0.5) is 0 Å². The van der Waals surface area contributed by atoms with Gasteiger partial charge >= 0.3 is 0 Å². The number of fused-ring (bicyclic) bond motifs is 7. The van der Waals surface area contributed by atoms with Crippen molar-refractivity contribution >= 4 is 53.1 Å². The first-order valence-corrected chi connectivity index (χ1v) is 17.9. The van der Waals surface area contributed by atoms with Gasteiger partial charge in [-0.15, -0.1) is 11.3 Å². The van der Waals surface area contributed by atoms with E-state index in [4.69, 9.17) is 15.0 Å². The summed E-state index contributed by atoms with van der Waals surface area (Å²) in [6.07, 6.45) is 0. The summed E-state index contributed by atoms with van der Waals surface area (Å²) in [4.78, 5) is 15.3. The van der Waals surface area contributed by atoms with Gasteiger partial charge < -0.3 is 0 Å². The van der Waals surface area contributed by atoms with E-state index in [-0.39, 0.29) is 0 Å². The molecule has 3 nitrogen and oxygen atoms in total. The van der Waals surface area contributed by atoms with Crippen LogP contribution in [0.15, 0.2) is 176 Å². The molecule has 0 atom stereocenters. The third-order valence-corrected chi connectivity index (χ3v) is 11.0. The zero-order valence-corrected chi connectivity index (χ0v) is 28.3. The van der Waals surface area contributed by atoms with Crippen LogP contribution in [0, 0.1) is 0 Å². The van der Waals surface area contributed by atoms with Gasteiger partial charge in [-0.25, -0.2) is 15.0 Å². The molecule has 0 aliphatic heterocycles. The normalized spacial score (nSPS) is 11.5. The van der Waals surface area contributed by atoms with Crippen molar-refractivity contribution in [2.45, 2.75) is 0 Å². The van der Waals surface area contributed by atoms with Crippen LogP contribution in [-0.2, 0) is 0 Å². The topological polar surface area (TPSA) is 38.7 Å². The van der Waals surface area contributed by atoms with Crippen molar-refractivity contribution in [2.24, 2.45) is 0 Å². The molecule has 51 heavy (non-hydrogen) atoms. The van der Waals surface area contributed by atoms with Crippen molar-refractivity contribution in [2.75, 3.05) is 0 Å². The Morgan fingerprint density at radius 2 is 0.843 bits per heavy atom. The van der Waals surface area contributed by atoms with Crippen molar-refractivity contribution in [3.63, 3.8) is 0 Å². The predicted octanol–water partition coefficient (Wildman–Crippen LogP) is 12.9. The van der Waals surface area contributed by atoms with E-state index in [1.54, 1.807) is 0 Å². The van der Waals surface area contributed by atoms with Crippen molar-refractivity contribution in [1.29, 1.82) is 0 Å². The van der Waals surface area contributed by atoms with Crippen LogP contribution >= 0.6 is 11.3 Å². The third kappa shape index (κ3) is 5.16. The number of rotatable bonds is 5. The molecule has 10 aromatic rings. The number of nitrogens with zero attached hydrogens (tertiary/aromatic N) is 3. The summed E-state index contributed by atoms with van der Waals surface area (Å²) in [6, 6.07) is 62.0. The quantitative estimate of drug-likeness (QED) is 0.171. The highest BCUT2D eigenvalue weighted by Gasteiger charge is 2.17. The Kier molecular flexibility index (Phi) is 7.00. The molecule has 0 N–H and O–H groups in total. The Hall–Kier alpha value is -6.49. The first kappa shape index (κ1) is 29.4. The minimum Gasteiger partial charge on any atom is -0.208 e. The van der Waals surface area contributed by atoms with Crippen LogP contribution in [0.3, 0.4) is 0 Å². The van der Waals surface area contributed by atoms with Gasteiger partial charge in [-0.05, 0) is 50.5 Å². The van der Waals surface area contributed by atoms with Crippen LogP contribution < -0.4 is 0 Å². The minimum absolute atomic E-state index is 0.648. The molecule has 0 saturated heterocycles. The number of aromatic nitrogens is 3. The Labute approximate surface area is 299 Å². The Bertz CT molecular complexity index is 2900. The molecule has 10 rings (SSSR count). The second-order valence-electron chi connectivity index (χ2n) is 12.8. The summed E-state index contributed by atoms with van der Waals surface area (Å²) in [5.41, 5.74) is 7.64. The Morgan fingerprint density at radius 3 is 1.59 bits per heavy atom. The second-order valence-corrected chi connectivity index (χ2v) is 13.8. The number of hydrogen-bond donors (Lipinski definition) is 0. The summed E-state index contributed by atoms with van der Waals surface area (Å²) in [7, 11) is 0. The lowest BCUT2D eigenvalue weighted by Gasteiger charge is -2.11. The molecule has 0 aliphatic carbocycles. The number of benzene rings is 8. The van der Waals surface area contributed by atoms with E-state index in [1.165, 1.54) is 52.8 Å². The van der Waals surface area contributed by atoms with Crippen LogP contribution in [0.25, 0.3) is 98.1 Å². The molecular formula is C47H29N3S. The molecule has 4 heteroatoms. The summed E-state index contributed by atoms with van der Waals surface area (Å²) in [6.45, 7) is 0. The van der Waals surface area contributed by atoms with E-state index >= 15 is 0 Å². The fraction of sp³-hybridized carbons (Fsp3) is 0. The lowest BCUT2D eigenvalue weighted by molar-refractivity contribution is 1.07. The molecule has 8 aromatic carbocycles. The van der Waals surface area contributed by atoms with Crippen LogP contribution in [0.5, 0.6) is 0 Å². The van der Waals surface area contributed by atoms with E-state index in [9.17, 15) is 0 Å². The fourth-order valence-electron chi connectivity index (χ4n) is 7.19. The zero-order valence-electron chi connectivity index (χ0n) is 27.5. The van der Waals surface area contributed by atoms with Crippen molar-refractivity contribution < 1.29 is 0 Å². The van der Waals surface area contributed by atoms with Crippen molar-refractivity contribution in [3.8, 4) is 56.4 Å². The summed E-state index contributed by atoms with van der Waals surface area (Å²) < 4.78 is 2.61. The van der Waals surface area contributed by atoms with Gasteiger partial charge in [0.1, 0.15) is 0 Å². The minimum atomic E-state index is 0.648. The van der Waals surface area contributed by atoms with Crippen LogP contribution in [-0.4, -0.2) is 15.0 Å². The average molecular weight is 668 g/mol. The second kappa shape index (κ2) is 12.1. The molecule has 0 saturated carbocycles. The van der Waals surface area contributed by atoms with Gasteiger partial charge in [-0.3, -0.25) is 0 Å². The highest BCUT2D eigenvalue weighted by atomic mass is 32.1. The van der Waals surface area contributed by atoms with E-state index < -0.39 is 0 Å². The maximum absolute atomic E-state index is 5.14. The molecule has 0 unspecified atom stereocenters. The molecule has 238 valence electrons. The Balaban J connectivity index is 1.19. The van der Waals surface area contributed by atoms with Gasteiger partial charge in [0.05, 0.1) is 0 Å². The zero-order chi connectivity index (χ0) is 33.7. The number of hydrogen-bond acceptors (Lipinski definition) is 4. The molecule has 0 amide bonds. The van der Waals surface area contributed by atoms with Gasteiger partial charge in [0.25, 0.3) is 0 Å². The number of thiophene rings is 1. The maximum atomic E-state index is 5.14. The van der Waals surface area contributed by atoms with Gasteiger partial charge in [0.2, 0.25) is 0 Å². The first-order valence-electron chi connectivity index (χ1n) is 17.1. The predicted molar refractivity (Wildman–Crippen MR) is 215 cm³/mol. The van der Waals surface area contributed by atoms with Gasteiger partial charge in [-0.1, -0.05) is 164 Å². The van der Waals surface area contributed by atoms with Gasteiger partial charge in [0.15, 0.2) is 17.5 Å². The molecule has 0 bridgehead atoms. The largest absolute Gasteiger partial charge is 0.208 e. The van der Waals surface area contributed by atoms with Crippen molar-refractivity contribution in [3.05, 3.63) is 176 Å². The van der Waals surface area contributed by atoms with Gasteiger partial charge in [-0.2, -0.15) is 0 Å². The van der Waals surface area contributed by atoms with Gasteiger partial charge in [0, 0.05) is 42.2 Å². The monoisotopic (exact) mass is 667 g/mol. The Morgan fingerprint density at radius 1 is 0.314 bits per heavy atom. The van der Waals surface area contributed by atoms with E-state index in [2.05, 4.69) is 152 Å². The summed E-state index contributed by atoms with van der Waals surface area (Å²) in [5.74, 6) is 1.95. The first-order chi connectivity index (χ1) is 25.3.